The topological polar surface area (TPSA) is 155 Å². The molecule has 10 nitrogen and oxygen atoms in total. The van der Waals surface area contributed by atoms with Gasteiger partial charge >= 0.3 is 0 Å². The van der Waals surface area contributed by atoms with E-state index in [2.05, 4.69) is 33.2 Å². The number of allylic oxidation sites excluding steroid dienone is 2. The molecule has 0 radical (unpaired) electrons. The van der Waals surface area contributed by atoms with Crippen LogP contribution in [0.2, 0.25) is 0 Å². The van der Waals surface area contributed by atoms with E-state index in [0.717, 1.165) is 57.9 Å². The highest BCUT2D eigenvalue weighted by Gasteiger charge is 2.37. The average Bonchev–Trinajstić information content (AvgIpc) is 3.21. The van der Waals surface area contributed by atoms with Gasteiger partial charge in [0.25, 0.3) is 0 Å². The largest absolute Gasteiger partial charge is 0.359 e. The van der Waals surface area contributed by atoms with Gasteiger partial charge in [0.2, 0.25) is 11.8 Å². The Morgan fingerprint density at radius 3 is 2.44 bits per heavy atom. The minimum absolute atomic E-state index is 0.0452. The maximum Gasteiger partial charge on any atom is 0.236 e. The maximum absolute atomic E-state index is 12.9. The van der Waals surface area contributed by atoms with E-state index in [9.17, 15) is 19.2 Å². The lowest BCUT2D eigenvalue weighted by Crippen LogP contribution is -2.42. The third kappa shape index (κ3) is 11.3. The van der Waals surface area contributed by atoms with E-state index in [-0.39, 0.29) is 29.3 Å². The van der Waals surface area contributed by atoms with Crippen molar-refractivity contribution in [2.24, 2.45) is 28.5 Å². The molecule has 39 heavy (non-hydrogen) atoms. The summed E-state index contributed by atoms with van der Waals surface area (Å²) in [6, 6.07) is -0.603. The summed E-state index contributed by atoms with van der Waals surface area (Å²) in [4.78, 5) is 54.6. The zero-order valence-electron chi connectivity index (χ0n) is 23.9. The predicted molar refractivity (Wildman–Crippen MR) is 157 cm³/mol. The number of nitrogens with two attached hydrogens (primary N) is 1. The summed E-state index contributed by atoms with van der Waals surface area (Å²) >= 11 is 1.31. The molecule has 2 atom stereocenters. The molecule has 0 aliphatic heterocycles. The minimum Gasteiger partial charge on any atom is -0.359 e. The Morgan fingerprint density at radius 2 is 1.77 bits per heavy atom. The van der Waals surface area contributed by atoms with Crippen LogP contribution < -0.4 is 27.0 Å². The molecule has 2 aliphatic rings. The second kappa shape index (κ2) is 18.0. The SMILES string of the molecule is CCCCCNC(=O)C1CCC(CC2C(=O)C=C(SCCNC(=O)C(N)CCCN/C(=N\C)NC)C2=O)CC1. The zero-order valence-corrected chi connectivity index (χ0v) is 24.7. The molecule has 0 saturated heterocycles. The van der Waals surface area contributed by atoms with E-state index < -0.39 is 12.0 Å². The van der Waals surface area contributed by atoms with Gasteiger partial charge in [-0.1, -0.05) is 19.8 Å². The Morgan fingerprint density at radius 1 is 1.05 bits per heavy atom. The second-order valence-corrected chi connectivity index (χ2v) is 11.6. The number of rotatable bonds is 16. The van der Waals surface area contributed by atoms with Crippen LogP contribution in [0, 0.1) is 17.8 Å². The molecule has 0 aromatic carbocycles. The summed E-state index contributed by atoms with van der Waals surface area (Å²) in [5.41, 5.74) is 5.98. The summed E-state index contributed by atoms with van der Waals surface area (Å²) < 4.78 is 0. The fourth-order valence-electron chi connectivity index (χ4n) is 5.07. The third-order valence-electron chi connectivity index (χ3n) is 7.48. The maximum atomic E-state index is 12.9. The van der Waals surface area contributed by atoms with Crippen molar-refractivity contribution in [2.75, 3.05) is 39.5 Å². The van der Waals surface area contributed by atoms with E-state index >= 15 is 0 Å². The van der Waals surface area contributed by atoms with E-state index in [4.69, 9.17) is 5.73 Å². The molecule has 11 heteroatoms. The number of thioether (sulfide) groups is 1. The highest BCUT2D eigenvalue weighted by molar-refractivity contribution is 8.04. The molecule has 2 rings (SSSR count). The van der Waals surface area contributed by atoms with Crippen LogP contribution in [0.3, 0.4) is 0 Å². The number of Topliss-reactive ketones (excluding diaryl/α,β-unsaturated/α-hetero) is 1. The summed E-state index contributed by atoms with van der Waals surface area (Å²) in [5.74, 6) is 0.618. The summed E-state index contributed by atoms with van der Waals surface area (Å²) in [5, 5.41) is 11.9. The van der Waals surface area contributed by atoms with Crippen molar-refractivity contribution >= 4 is 41.1 Å². The van der Waals surface area contributed by atoms with Crippen molar-refractivity contribution < 1.29 is 19.2 Å². The first-order chi connectivity index (χ1) is 18.8. The molecular weight excluding hydrogens is 516 g/mol. The normalized spacial score (nSPS) is 22.3. The van der Waals surface area contributed by atoms with Crippen LogP contribution in [0.1, 0.15) is 71.1 Å². The highest BCUT2D eigenvalue weighted by Crippen LogP contribution is 2.37. The number of carbonyl (C=O) groups excluding carboxylic acids is 4. The third-order valence-corrected chi connectivity index (χ3v) is 8.52. The smallest absolute Gasteiger partial charge is 0.236 e. The number of hydrogen-bond acceptors (Lipinski definition) is 7. The van der Waals surface area contributed by atoms with Gasteiger partial charge in [0, 0.05) is 45.4 Å². The first kappa shape index (κ1) is 32.8. The molecule has 1 fully saturated rings. The first-order valence-corrected chi connectivity index (χ1v) is 15.4. The van der Waals surface area contributed by atoms with Gasteiger partial charge in [-0.3, -0.25) is 24.2 Å². The number of unbranched alkanes of at least 4 members (excludes halogenated alkanes) is 2. The molecule has 0 aromatic rings. The molecular formula is C28H48N6O4S. The Kier molecular flexibility index (Phi) is 15.2. The van der Waals surface area contributed by atoms with Crippen molar-refractivity contribution in [3.63, 3.8) is 0 Å². The molecule has 0 spiro atoms. The molecule has 0 heterocycles. The number of guanidine groups is 1. The molecule has 6 N–H and O–H groups in total. The fraction of sp³-hybridized carbons (Fsp3) is 0.750. The lowest BCUT2D eigenvalue weighted by Gasteiger charge is -2.28. The number of nitrogens with zero attached hydrogens (tertiary/aromatic N) is 1. The van der Waals surface area contributed by atoms with Crippen molar-refractivity contribution in [1.82, 2.24) is 21.3 Å². The summed E-state index contributed by atoms with van der Waals surface area (Å²) in [6.45, 7) is 3.91. The quantitative estimate of drug-likeness (QED) is 0.0824. The van der Waals surface area contributed by atoms with Crippen molar-refractivity contribution in [3.05, 3.63) is 11.0 Å². The van der Waals surface area contributed by atoms with Gasteiger partial charge < -0.3 is 27.0 Å². The van der Waals surface area contributed by atoms with E-state index in [0.29, 0.717) is 48.5 Å². The summed E-state index contributed by atoms with van der Waals surface area (Å²) in [6.07, 6.45) is 9.94. The van der Waals surface area contributed by atoms with Crippen molar-refractivity contribution in [2.45, 2.75) is 77.2 Å². The Hall–Kier alpha value is -2.40. The standard InChI is InChI=1S/C28H48N6O4S/c1-4-5-6-13-32-26(37)20-11-9-19(10-12-20)17-21-23(35)18-24(25(21)36)39-16-15-33-27(38)22(29)8-7-14-34-28(30-2)31-3/h18-22H,4-17,29H2,1-3H3,(H,32,37)(H,33,38)(H2,30,31,34). The molecule has 0 aromatic heterocycles. The van der Waals surface area contributed by atoms with Crippen LogP contribution >= 0.6 is 11.8 Å². The van der Waals surface area contributed by atoms with Crippen LogP contribution in [-0.2, 0) is 19.2 Å². The first-order valence-electron chi connectivity index (χ1n) is 14.4. The van der Waals surface area contributed by atoms with Gasteiger partial charge in [-0.25, -0.2) is 0 Å². The average molecular weight is 565 g/mol. The molecule has 1 saturated carbocycles. The van der Waals surface area contributed by atoms with Crippen LogP contribution in [0.15, 0.2) is 16.0 Å². The lowest BCUT2D eigenvalue weighted by molar-refractivity contribution is -0.128. The van der Waals surface area contributed by atoms with Crippen molar-refractivity contribution in [3.8, 4) is 0 Å². The number of aliphatic imine (C=N–C) groups is 1. The fourth-order valence-corrected chi connectivity index (χ4v) is 5.98. The van der Waals surface area contributed by atoms with Gasteiger partial charge in [-0.05, 0) is 63.4 Å². The second-order valence-electron chi connectivity index (χ2n) is 10.4. The van der Waals surface area contributed by atoms with E-state index in [1.807, 2.05) is 0 Å². The van der Waals surface area contributed by atoms with Gasteiger partial charge in [0.15, 0.2) is 17.5 Å². The van der Waals surface area contributed by atoms with E-state index in [1.165, 1.54) is 17.8 Å². The highest BCUT2D eigenvalue weighted by atomic mass is 32.2. The molecule has 2 aliphatic carbocycles. The van der Waals surface area contributed by atoms with E-state index in [1.54, 1.807) is 14.1 Å². The van der Waals surface area contributed by atoms with Crippen LogP contribution in [0.4, 0.5) is 0 Å². The zero-order chi connectivity index (χ0) is 28.6. The lowest BCUT2D eigenvalue weighted by atomic mass is 9.77. The van der Waals surface area contributed by atoms with Crippen molar-refractivity contribution in [1.29, 1.82) is 0 Å². The number of hydrogen-bond donors (Lipinski definition) is 5. The van der Waals surface area contributed by atoms with Crippen LogP contribution in [-0.4, -0.2) is 74.9 Å². The molecule has 0 bridgehead atoms. The van der Waals surface area contributed by atoms with Crippen LogP contribution in [0.5, 0.6) is 0 Å². The Balaban J connectivity index is 1.63. The summed E-state index contributed by atoms with van der Waals surface area (Å²) in [7, 11) is 3.47. The number of amides is 2. The predicted octanol–water partition coefficient (Wildman–Crippen LogP) is 1.89. The van der Waals surface area contributed by atoms with Gasteiger partial charge in [-0.2, -0.15) is 0 Å². The molecule has 2 unspecified atom stereocenters. The molecule has 2 amide bonds. The monoisotopic (exact) mass is 564 g/mol. The Bertz CT molecular complexity index is 885. The molecule has 220 valence electrons. The van der Waals surface area contributed by atoms with Crippen LogP contribution in [0.25, 0.3) is 0 Å². The van der Waals surface area contributed by atoms with Gasteiger partial charge in [0.1, 0.15) is 0 Å². The van der Waals surface area contributed by atoms with Gasteiger partial charge in [-0.15, -0.1) is 11.8 Å². The number of carbonyl (C=O) groups is 4. The number of nitrogens with one attached hydrogen (secondary N) is 4. The Labute approximate surface area is 237 Å². The minimum atomic E-state index is -0.603. The number of ketones is 2. The van der Waals surface area contributed by atoms with Gasteiger partial charge in [0.05, 0.1) is 16.9 Å².